The summed E-state index contributed by atoms with van der Waals surface area (Å²) >= 11 is 0. The lowest BCUT2D eigenvalue weighted by molar-refractivity contribution is 0.437. The van der Waals surface area contributed by atoms with E-state index >= 15 is 0 Å². The summed E-state index contributed by atoms with van der Waals surface area (Å²) in [4.78, 5) is 0. The Labute approximate surface area is 214 Å². The summed E-state index contributed by atoms with van der Waals surface area (Å²) in [5.74, 6) is 0.773. The van der Waals surface area contributed by atoms with E-state index in [4.69, 9.17) is 0 Å². The quantitative estimate of drug-likeness (QED) is 0.187. The van der Waals surface area contributed by atoms with Gasteiger partial charge in [-0.3, -0.25) is 0 Å². The Morgan fingerprint density at radius 2 is 1.34 bits per heavy atom. The van der Waals surface area contributed by atoms with Gasteiger partial charge in [0.1, 0.15) is 5.82 Å². The van der Waals surface area contributed by atoms with E-state index in [-0.39, 0.29) is 14.6 Å². The zero-order chi connectivity index (χ0) is 24.5. The third-order valence-electron chi connectivity index (χ3n) is 7.85. The summed E-state index contributed by atoms with van der Waals surface area (Å²) in [5, 5.41) is 0. The van der Waals surface area contributed by atoms with Crippen LogP contribution in [-0.4, -0.2) is 8.80 Å². The van der Waals surface area contributed by atoms with Crippen molar-refractivity contribution in [1.82, 2.24) is 0 Å². The molecule has 0 N–H and O–H groups in total. The molecule has 0 aliphatic carbocycles. The fourth-order valence-corrected chi connectivity index (χ4v) is 8.69. The minimum absolute atomic E-state index is 0.0302. The fraction of sp³-hybridized carbons (Fsp3) is 0.455. The van der Waals surface area contributed by atoms with Crippen LogP contribution in [-0.2, 0) is 12.8 Å². The van der Waals surface area contributed by atoms with Crippen LogP contribution in [0.15, 0.2) is 66.7 Å². The summed E-state index contributed by atoms with van der Waals surface area (Å²) in [6, 6.07) is 27.4. The third kappa shape index (κ3) is 7.40. The molecule has 3 aromatic carbocycles. The highest BCUT2D eigenvalue weighted by Crippen LogP contribution is 2.32. The first-order valence-electron chi connectivity index (χ1n) is 14.0. The van der Waals surface area contributed by atoms with Gasteiger partial charge in [-0.05, 0) is 59.1 Å². The second-order valence-corrected chi connectivity index (χ2v) is 13.5. The van der Waals surface area contributed by atoms with Crippen LogP contribution in [0.25, 0.3) is 22.3 Å². The predicted octanol–water partition coefficient (Wildman–Crippen LogP) is 10.1. The van der Waals surface area contributed by atoms with Gasteiger partial charge in [-0.25, -0.2) is 4.39 Å². The van der Waals surface area contributed by atoms with Crippen LogP contribution in [0, 0.1) is 11.7 Å². The molecule has 1 aliphatic rings. The SMILES string of the molecule is CCCCC[Si]1CCC(CCc2ccc(-c3ccc(-c4ccc(CCC)cc4)c(F)c3)cc2)CC1. The van der Waals surface area contributed by atoms with E-state index in [1.165, 1.54) is 56.1 Å². The first-order chi connectivity index (χ1) is 17.2. The zero-order valence-corrected chi connectivity index (χ0v) is 22.8. The molecule has 0 spiro atoms. The lowest BCUT2D eigenvalue weighted by Crippen LogP contribution is -2.21. The molecular weight excluding hydrogens is 443 g/mol. The zero-order valence-electron chi connectivity index (χ0n) is 21.8. The Morgan fingerprint density at radius 3 is 1.97 bits per heavy atom. The molecule has 2 heteroatoms. The Kier molecular flexibility index (Phi) is 9.77. The summed E-state index contributed by atoms with van der Waals surface area (Å²) in [7, 11) is -0.0302. The molecule has 185 valence electrons. The highest BCUT2D eigenvalue weighted by atomic mass is 28.3. The molecule has 1 radical (unpaired) electrons. The molecule has 0 atom stereocenters. The second kappa shape index (κ2) is 13.2. The van der Waals surface area contributed by atoms with Gasteiger partial charge in [0.05, 0.1) is 0 Å². The van der Waals surface area contributed by atoms with Crippen LogP contribution in [0.1, 0.15) is 69.9 Å². The Bertz CT molecular complexity index is 1030. The van der Waals surface area contributed by atoms with Crippen LogP contribution in [0.4, 0.5) is 4.39 Å². The average molecular weight is 486 g/mol. The van der Waals surface area contributed by atoms with Crippen LogP contribution in [0.2, 0.25) is 18.1 Å². The van der Waals surface area contributed by atoms with Gasteiger partial charge in [0.15, 0.2) is 0 Å². The smallest absolute Gasteiger partial charge is 0.131 e. The van der Waals surface area contributed by atoms with Crippen molar-refractivity contribution in [3.63, 3.8) is 0 Å². The van der Waals surface area contributed by atoms with E-state index in [9.17, 15) is 4.39 Å². The lowest BCUT2D eigenvalue weighted by atomic mass is 9.93. The van der Waals surface area contributed by atoms with Gasteiger partial charge < -0.3 is 0 Å². The van der Waals surface area contributed by atoms with Gasteiger partial charge in [0, 0.05) is 14.4 Å². The molecule has 0 unspecified atom stereocenters. The summed E-state index contributed by atoms with van der Waals surface area (Å²) in [5.41, 5.74) is 6.39. The van der Waals surface area contributed by atoms with Gasteiger partial charge >= 0.3 is 0 Å². The first kappa shape index (κ1) is 25.9. The fourth-order valence-electron chi connectivity index (χ4n) is 5.55. The Balaban J connectivity index is 1.30. The monoisotopic (exact) mass is 485 g/mol. The molecule has 0 amide bonds. The van der Waals surface area contributed by atoms with Crippen molar-refractivity contribution in [3.05, 3.63) is 83.7 Å². The third-order valence-corrected chi connectivity index (χ3v) is 10.9. The van der Waals surface area contributed by atoms with Gasteiger partial charge in [-0.15, -0.1) is 0 Å². The molecule has 0 saturated carbocycles. The summed E-state index contributed by atoms with van der Waals surface area (Å²) < 4.78 is 15.0. The van der Waals surface area contributed by atoms with Crippen LogP contribution in [0.3, 0.4) is 0 Å². The highest BCUT2D eigenvalue weighted by molar-refractivity contribution is 6.58. The molecule has 0 aromatic heterocycles. The van der Waals surface area contributed by atoms with Crippen LogP contribution in [0.5, 0.6) is 0 Å². The van der Waals surface area contributed by atoms with Crippen molar-refractivity contribution in [2.24, 2.45) is 5.92 Å². The molecule has 1 aliphatic heterocycles. The Hall–Kier alpha value is -2.19. The maximum Gasteiger partial charge on any atom is 0.131 e. The number of rotatable bonds is 11. The molecule has 1 heterocycles. The van der Waals surface area contributed by atoms with Gasteiger partial charge in [0.25, 0.3) is 0 Å². The maximum absolute atomic E-state index is 15.0. The molecule has 1 saturated heterocycles. The molecule has 0 bridgehead atoms. The number of unbranched alkanes of at least 4 members (excludes halogenated alkanes) is 2. The first-order valence-corrected chi connectivity index (χ1v) is 16.1. The lowest BCUT2D eigenvalue weighted by Gasteiger charge is -2.27. The maximum atomic E-state index is 15.0. The van der Waals surface area contributed by atoms with E-state index < -0.39 is 0 Å². The minimum Gasteiger partial charge on any atom is -0.206 e. The topological polar surface area (TPSA) is 0 Å². The van der Waals surface area contributed by atoms with E-state index in [0.29, 0.717) is 5.56 Å². The van der Waals surface area contributed by atoms with Gasteiger partial charge in [-0.2, -0.15) is 0 Å². The van der Waals surface area contributed by atoms with Gasteiger partial charge in [-0.1, -0.05) is 131 Å². The standard InChI is InChI=1S/C33H42FSi/c1-3-5-6-22-35-23-20-28(21-24-35)9-8-27-10-14-29(15-11-27)31-18-19-32(33(34)25-31)30-16-12-26(7-4-2)13-17-30/h10-19,25,28H,3-9,20-24H2,1-2H3. The van der Waals surface area contributed by atoms with E-state index in [2.05, 4.69) is 56.3 Å². The summed E-state index contributed by atoms with van der Waals surface area (Å²) in [6.07, 6.45) is 11.9. The number of halogens is 1. The normalized spacial score (nSPS) is 14.9. The summed E-state index contributed by atoms with van der Waals surface area (Å²) in [6.45, 7) is 4.49. The van der Waals surface area contributed by atoms with Crippen LogP contribution >= 0.6 is 0 Å². The number of aryl methyl sites for hydroxylation is 2. The number of hydrogen-bond donors (Lipinski definition) is 0. The number of benzene rings is 3. The second-order valence-electron chi connectivity index (χ2n) is 10.5. The molecule has 4 rings (SSSR count). The van der Waals surface area contributed by atoms with E-state index in [1.807, 2.05) is 18.2 Å². The molecular formula is C33H42FSi. The molecule has 1 fully saturated rings. The van der Waals surface area contributed by atoms with Crippen molar-refractivity contribution in [2.75, 3.05) is 0 Å². The average Bonchev–Trinajstić information content (AvgIpc) is 2.89. The van der Waals surface area contributed by atoms with Crippen molar-refractivity contribution < 1.29 is 4.39 Å². The number of hydrogen-bond acceptors (Lipinski definition) is 0. The molecule has 3 aromatic rings. The molecule has 35 heavy (non-hydrogen) atoms. The van der Waals surface area contributed by atoms with Crippen molar-refractivity contribution in [1.29, 1.82) is 0 Å². The van der Waals surface area contributed by atoms with Crippen LogP contribution < -0.4 is 0 Å². The van der Waals surface area contributed by atoms with Crippen molar-refractivity contribution >= 4 is 8.80 Å². The van der Waals surface area contributed by atoms with Crippen molar-refractivity contribution in [3.8, 4) is 22.3 Å². The molecule has 0 nitrogen and oxygen atoms in total. The predicted molar refractivity (Wildman–Crippen MR) is 152 cm³/mol. The van der Waals surface area contributed by atoms with E-state index in [0.717, 1.165) is 35.4 Å². The van der Waals surface area contributed by atoms with Crippen molar-refractivity contribution in [2.45, 2.75) is 89.8 Å². The Morgan fingerprint density at radius 1 is 0.714 bits per heavy atom. The highest BCUT2D eigenvalue weighted by Gasteiger charge is 2.21. The van der Waals surface area contributed by atoms with E-state index in [1.54, 1.807) is 24.2 Å². The van der Waals surface area contributed by atoms with Gasteiger partial charge in [0.2, 0.25) is 0 Å². The largest absolute Gasteiger partial charge is 0.206 e. The minimum atomic E-state index is -0.150.